The number of amides is 1. The lowest BCUT2D eigenvalue weighted by Crippen LogP contribution is -2.35. The predicted octanol–water partition coefficient (Wildman–Crippen LogP) is 4.35. The van der Waals surface area contributed by atoms with E-state index in [0.29, 0.717) is 6.54 Å². The molecule has 2 heterocycles. The van der Waals surface area contributed by atoms with Crippen molar-refractivity contribution in [2.24, 2.45) is 0 Å². The molecule has 2 aromatic carbocycles. The lowest BCUT2D eigenvalue weighted by atomic mass is 10.1. The van der Waals surface area contributed by atoms with Gasteiger partial charge in [0.25, 0.3) is 5.91 Å². The number of aromatic nitrogens is 2. The van der Waals surface area contributed by atoms with Crippen molar-refractivity contribution < 1.29 is 4.79 Å². The summed E-state index contributed by atoms with van der Waals surface area (Å²) in [6.45, 7) is 7.40. The molecule has 156 valence electrons. The smallest absolute Gasteiger partial charge is 0.253 e. The molecule has 4 rings (SSSR count). The van der Waals surface area contributed by atoms with Gasteiger partial charge in [0.05, 0.1) is 0 Å². The largest absolute Gasteiger partial charge is 0.345 e. The van der Waals surface area contributed by atoms with Crippen molar-refractivity contribution in [3.8, 4) is 0 Å². The van der Waals surface area contributed by atoms with E-state index in [0.717, 1.165) is 55.4 Å². The van der Waals surface area contributed by atoms with Crippen LogP contribution in [0.3, 0.4) is 0 Å². The zero-order valence-electron chi connectivity index (χ0n) is 17.7. The topological polar surface area (TPSA) is 49.3 Å². The van der Waals surface area contributed by atoms with Gasteiger partial charge in [0.2, 0.25) is 5.13 Å². The number of carbonyl (C=O) groups is 1. The number of carbonyl (C=O) groups excluding carboxylic acids is 1. The Balaban J connectivity index is 1.37. The Bertz CT molecular complexity index is 981. The van der Waals surface area contributed by atoms with Crippen LogP contribution < -0.4 is 4.90 Å². The van der Waals surface area contributed by atoms with Crippen molar-refractivity contribution in [2.75, 3.05) is 31.1 Å². The van der Waals surface area contributed by atoms with Crippen LogP contribution in [-0.4, -0.2) is 46.3 Å². The van der Waals surface area contributed by atoms with Crippen LogP contribution in [0.4, 0.5) is 5.13 Å². The maximum Gasteiger partial charge on any atom is 0.253 e. The van der Waals surface area contributed by atoms with Crippen molar-refractivity contribution in [3.63, 3.8) is 0 Å². The summed E-state index contributed by atoms with van der Waals surface area (Å²) in [5.74, 6) is 0.990. The van der Waals surface area contributed by atoms with E-state index in [1.165, 1.54) is 28.2 Å². The Labute approximate surface area is 182 Å². The molecule has 0 N–H and O–H groups in total. The van der Waals surface area contributed by atoms with E-state index in [9.17, 15) is 4.79 Å². The van der Waals surface area contributed by atoms with E-state index in [2.05, 4.69) is 47.4 Å². The van der Waals surface area contributed by atoms with Gasteiger partial charge in [0, 0.05) is 49.7 Å². The Morgan fingerprint density at radius 2 is 1.70 bits per heavy atom. The summed E-state index contributed by atoms with van der Waals surface area (Å²) in [6, 6.07) is 16.5. The second kappa shape index (κ2) is 9.39. The molecule has 1 amide bonds. The van der Waals surface area contributed by atoms with Crippen LogP contribution in [0.1, 0.15) is 46.2 Å². The molecule has 0 saturated carbocycles. The van der Waals surface area contributed by atoms with Crippen LogP contribution in [0, 0.1) is 6.92 Å². The first kappa shape index (κ1) is 20.5. The van der Waals surface area contributed by atoms with Gasteiger partial charge < -0.3 is 9.80 Å². The van der Waals surface area contributed by atoms with Crippen LogP contribution in [0.5, 0.6) is 0 Å². The van der Waals surface area contributed by atoms with Crippen molar-refractivity contribution in [1.82, 2.24) is 14.3 Å². The van der Waals surface area contributed by atoms with Gasteiger partial charge in [0.1, 0.15) is 5.82 Å². The monoisotopic (exact) mass is 420 g/mol. The molecular weight excluding hydrogens is 392 g/mol. The third-order valence-corrected chi connectivity index (χ3v) is 6.42. The summed E-state index contributed by atoms with van der Waals surface area (Å²) in [5, 5.41) is 0.957. The number of hydrogen-bond donors (Lipinski definition) is 0. The number of rotatable bonds is 5. The van der Waals surface area contributed by atoms with Gasteiger partial charge in [0.15, 0.2) is 0 Å². The third-order valence-electron chi connectivity index (χ3n) is 5.60. The number of aryl methyl sites for hydroxylation is 2. The number of nitrogens with zero attached hydrogens (tertiary/aromatic N) is 4. The fraction of sp³-hybridized carbons (Fsp3) is 0.375. The first-order valence-electron chi connectivity index (χ1n) is 10.6. The molecule has 0 unspecified atom stereocenters. The Hall–Kier alpha value is -2.73. The van der Waals surface area contributed by atoms with Gasteiger partial charge in [-0.15, -0.1) is 0 Å². The minimum absolute atomic E-state index is 0.122. The average molecular weight is 421 g/mol. The Kier molecular flexibility index (Phi) is 6.43. The van der Waals surface area contributed by atoms with Gasteiger partial charge >= 0.3 is 0 Å². The first-order valence-corrected chi connectivity index (χ1v) is 11.4. The van der Waals surface area contributed by atoms with Crippen LogP contribution in [0.15, 0.2) is 48.5 Å². The van der Waals surface area contributed by atoms with E-state index in [1.807, 2.05) is 29.2 Å². The maximum atomic E-state index is 12.9. The molecule has 0 aliphatic carbocycles. The first-order chi connectivity index (χ1) is 14.6. The Morgan fingerprint density at radius 3 is 2.43 bits per heavy atom. The minimum atomic E-state index is 0.122. The SMILES string of the molecule is CCc1ccc(C(=O)N2CCCN(c3nc(Cc4ccc(C)cc4)ns3)CC2)cc1. The minimum Gasteiger partial charge on any atom is -0.345 e. The summed E-state index contributed by atoms with van der Waals surface area (Å²) in [7, 11) is 0. The lowest BCUT2D eigenvalue weighted by molar-refractivity contribution is 0.0767. The van der Waals surface area contributed by atoms with Crippen molar-refractivity contribution in [1.29, 1.82) is 0 Å². The predicted molar refractivity (Wildman–Crippen MR) is 122 cm³/mol. The lowest BCUT2D eigenvalue weighted by Gasteiger charge is -2.21. The third kappa shape index (κ3) is 4.87. The fourth-order valence-corrected chi connectivity index (χ4v) is 4.45. The van der Waals surface area contributed by atoms with Gasteiger partial charge in [-0.05, 0) is 43.0 Å². The maximum absolute atomic E-state index is 12.9. The molecule has 0 bridgehead atoms. The summed E-state index contributed by atoms with van der Waals surface area (Å²) in [5.41, 5.74) is 4.52. The normalized spacial score (nSPS) is 14.6. The highest BCUT2D eigenvalue weighted by atomic mass is 32.1. The molecule has 0 spiro atoms. The van der Waals surface area contributed by atoms with Crippen molar-refractivity contribution in [3.05, 3.63) is 76.6 Å². The van der Waals surface area contributed by atoms with E-state index in [-0.39, 0.29) is 5.91 Å². The van der Waals surface area contributed by atoms with E-state index >= 15 is 0 Å². The molecule has 1 aliphatic rings. The van der Waals surface area contributed by atoms with Crippen molar-refractivity contribution >= 4 is 22.6 Å². The van der Waals surface area contributed by atoms with Crippen molar-refractivity contribution in [2.45, 2.75) is 33.1 Å². The average Bonchev–Trinajstić information content (AvgIpc) is 3.09. The Morgan fingerprint density at radius 1 is 0.967 bits per heavy atom. The summed E-state index contributed by atoms with van der Waals surface area (Å²) in [6.07, 6.45) is 2.68. The summed E-state index contributed by atoms with van der Waals surface area (Å²) < 4.78 is 4.57. The zero-order valence-corrected chi connectivity index (χ0v) is 18.5. The van der Waals surface area contributed by atoms with E-state index in [4.69, 9.17) is 4.98 Å². The van der Waals surface area contributed by atoms with E-state index < -0.39 is 0 Å². The molecular formula is C24H28N4OS. The fourth-order valence-electron chi connectivity index (χ4n) is 3.71. The molecule has 0 radical (unpaired) electrons. The molecule has 1 aromatic heterocycles. The molecule has 1 saturated heterocycles. The second-order valence-electron chi connectivity index (χ2n) is 7.84. The number of hydrogen-bond acceptors (Lipinski definition) is 5. The molecule has 30 heavy (non-hydrogen) atoms. The number of anilines is 1. The highest BCUT2D eigenvalue weighted by Gasteiger charge is 2.22. The molecule has 3 aromatic rings. The van der Waals surface area contributed by atoms with Crippen LogP contribution >= 0.6 is 11.5 Å². The van der Waals surface area contributed by atoms with E-state index in [1.54, 1.807) is 0 Å². The van der Waals surface area contributed by atoms with Crippen LogP contribution in [0.25, 0.3) is 0 Å². The highest BCUT2D eigenvalue weighted by molar-refractivity contribution is 7.09. The molecule has 1 fully saturated rings. The quantitative estimate of drug-likeness (QED) is 0.616. The standard InChI is InChI=1S/C24H28N4OS/c1-3-19-9-11-21(12-10-19)23(29)27-13-4-14-28(16-15-27)24-25-22(26-30-24)17-20-7-5-18(2)6-8-20/h5-12H,3-4,13-17H2,1-2H3. The van der Waals surface area contributed by atoms with Crippen LogP contribution in [0.2, 0.25) is 0 Å². The second-order valence-corrected chi connectivity index (χ2v) is 8.57. The molecule has 5 nitrogen and oxygen atoms in total. The van der Waals surface area contributed by atoms with Gasteiger partial charge in [-0.3, -0.25) is 4.79 Å². The highest BCUT2D eigenvalue weighted by Crippen LogP contribution is 2.21. The molecule has 0 atom stereocenters. The van der Waals surface area contributed by atoms with Gasteiger partial charge in [-0.1, -0.05) is 48.9 Å². The molecule has 1 aliphatic heterocycles. The molecule has 6 heteroatoms. The van der Waals surface area contributed by atoms with Gasteiger partial charge in [-0.2, -0.15) is 4.37 Å². The summed E-state index contributed by atoms with van der Waals surface area (Å²) in [4.78, 5) is 21.9. The summed E-state index contributed by atoms with van der Waals surface area (Å²) >= 11 is 1.46. The van der Waals surface area contributed by atoms with Gasteiger partial charge in [-0.25, -0.2) is 4.98 Å². The van der Waals surface area contributed by atoms with Crippen LogP contribution in [-0.2, 0) is 12.8 Å². The number of benzene rings is 2. The zero-order chi connectivity index (χ0) is 20.9.